The molecule has 9 aliphatic heterocycles. The Balaban J connectivity index is 0.583. The van der Waals surface area contributed by atoms with E-state index in [2.05, 4.69) is 65.5 Å². The van der Waals surface area contributed by atoms with Crippen molar-refractivity contribution in [1.82, 2.24) is 76.8 Å². The van der Waals surface area contributed by atoms with Gasteiger partial charge in [0.05, 0.1) is 107 Å². The van der Waals surface area contributed by atoms with Crippen molar-refractivity contribution in [2.45, 2.75) is 227 Å². The standard InChI is InChI=1S/C72H102N27O34P7S7/c1-7-33-34(8-47(120-33)93-15-29(2)57(73)87-69(93)102)128-135(107,142)114-20-42-36(9-48(121-42)94-16-30(3)58(74)88-70(94)103)129-137(109,144)118-23-45-39(13-51(124-45)97-26-82-54-59(75)80-25-81-62(54)97)132-139(111,146)116-21-43-38(11-50(122-43)96-18-32(5)66(101)92-72(96)105)131-138(110,145)119-24-46-40(14-53(126-46)99-28-84-56-61(77)86-68(79)90-64(56)99)133-140(112,147)117-22-44-37(10-49(123-44)95-17-31(4)65(100)91-71(95)104)130-136(108,143)115-19-41-35(127-134(106,141)113-6)12-52(125-41)98-27-83-55-60(76)85-67(78)89-63(55)98/h15-18,25-28,33-53,60-61H,7-14,19-24,76-77H2,1-6H3,(H,106,141)(H,107,142)(H,108,143)(H,109,144)(H,110,145)(H,111,146)(H,112,147)(H2,73,87,102)(H2,74,88,103)(H2,75,80,81)(H3,78,85,89)(H3,79,86,90)(H,91,100,104)(H,92,101,105)/p-7/t33-,34?,35?,36?,37?,38?,39?,40?,41-,42-,43-,44-,45-,46-,47-,48-,49-,50-,51-,52-,53-,60?,61?,134?,135?,136?,137?,138?,139?,140?/m1/s1. The summed E-state index contributed by atoms with van der Waals surface area (Å²) in [6, 6.07) is 0. The summed E-state index contributed by atoms with van der Waals surface area (Å²) in [6.07, 6.45) is -21.5. The summed E-state index contributed by atoms with van der Waals surface area (Å²) in [5, 5.41) is 5.74. The van der Waals surface area contributed by atoms with Gasteiger partial charge in [0.25, 0.3) is 11.1 Å². The highest BCUT2D eigenvalue weighted by Gasteiger charge is 2.50. The zero-order valence-electron chi connectivity index (χ0n) is 77.4. The van der Waals surface area contributed by atoms with E-state index in [4.69, 9.17) is 220 Å². The van der Waals surface area contributed by atoms with Crippen LogP contribution in [0.4, 0.5) is 29.1 Å². The number of imidazole rings is 3. The molecule has 9 aliphatic rings. The predicted molar refractivity (Wildman–Crippen MR) is 523 cm³/mol. The molecule has 75 heteroatoms. The Hall–Kier alpha value is -6.65. The summed E-state index contributed by atoms with van der Waals surface area (Å²) in [4.78, 5) is 208. The molecule has 17 rings (SSSR count). The molecule has 0 saturated carbocycles. The number of H-pyrrole nitrogens is 2. The number of aryl methyl sites for hydroxylation is 4. The molecule has 7 fully saturated rings. The van der Waals surface area contributed by atoms with Crippen molar-refractivity contribution in [2.24, 2.45) is 32.9 Å². The molecule has 30 atom stereocenters. The minimum Gasteiger partial charge on any atom is -0.780 e. The van der Waals surface area contributed by atoms with Crippen LogP contribution < -0.4 is 114 Å². The SMILES string of the molecule is CC[C@H]1O[C@@H](n2cc(C)c(N)nc2=O)CC1OP([O-])(=S)OC[C@H]1O[C@@H](n2cc(C)c(N)nc2=O)CC1OP(=O)([S-])OC[C@H]1O[C@@H](n2cnc3c(N)ncnc32)CC1OP([O-])(=S)OC[C@H]1O[C@@H](n2cc(C)c(=O)[nH]c2=O)CC1OP([O-])(=S)OC[C@H]1O[C@@H](n2cnc3c2NC(N)=NC3N)CC1OP([O-])(=S)OC[C@H]1O[C@@H](n2cc(C)c(=O)[nH]c2=O)CC1OP([O-])(=S)OC[C@H]1O[C@@H](n2cnc3c2NC(N)=NC3N)CC1OP([O-])(=S)OC. The van der Waals surface area contributed by atoms with E-state index >= 15 is 9.79 Å². The highest BCUT2D eigenvalue weighted by molar-refractivity contribution is 8.32. The van der Waals surface area contributed by atoms with Crippen molar-refractivity contribution in [3.8, 4) is 0 Å². The molecule has 61 nitrogen and oxygen atoms in total. The molecular weight excluding hydrogens is 2230 g/mol. The third-order valence-corrected chi connectivity index (χ3v) is 35.7. The number of hydrogen-bond donors (Lipinski definition) is 11. The number of guanidine groups is 2. The Bertz CT molecular complexity index is 7150. The number of hydrogen-bond acceptors (Lipinski definition) is 59. The Morgan fingerprint density at radius 1 is 0.401 bits per heavy atom. The lowest BCUT2D eigenvalue weighted by molar-refractivity contribution is -0.221. The van der Waals surface area contributed by atoms with Crippen molar-refractivity contribution >= 4 is 182 Å². The van der Waals surface area contributed by atoms with Crippen LogP contribution in [0.1, 0.15) is 148 Å². The Morgan fingerprint density at radius 3 is 1.05 bits per heavy atom. The number of nitrogens with two attached hydrogens (primary N) is 7. The summed E-state index contributed by atoms with van der Waals surface area (Å²) in [7, 11) is 1.06. The van der Waals surface area contributed by atoms with Crippen LogP contribution in [0, 0.1) is 27.7 Å². The van der Waals surface area contributed by atoms with Gasteiger partial charge in [-0.15, -0.1) is 0 Å². The van der Waals surface area contributed by atoms with Crippen LogP contribution in [0.25, 0.3) is 11.2 Å². The van der Waals surface area contributed by atoms with Gasteiger partial charge in [0.2, 0.25) is 0 Å². The van der Waals surface area contributed by atoms with E-state index in [1.165, 1.54) is 69.7 Å². The molecule has 147 heavy (non-hydrogen) atoms. The second kappa shape index (κ2) is 44.7. The maximum atomic E-state index is 15.1. The maximum Gasteiger partial charge on any atom is 0.351 e. The molecule has 0 aromatic carbocycles. The van der Waals surface area contributed by atoms with E-state index in [-0.39, 0.29) is 107 Å². The molecule has 0 bridgehead atoms. The largest absolute Gasteiger partial charge is 0.780 e. The van der Waals surface area contributed by atoms with E-state index in [0.29, 0.717) is 17.5 Å². The summed E-state index contributed by atoms with van der Waals surface area (Å²) in [5.74, 6) is 0.157. The lowest BCUT2D eigenvalue weighted by atomic mass is 10.1. The number of nitrogens with zero attached hydrogens (tertiary/aromatic N) is 16. The van der Waals surface area contributed by atoms with Crippen molar-refractivity contribution in [3.05, 3.63) is 146 Å². The Kier molecular flexibility index (Phi) is 33.9. The van der Waals surface area contributed by atoms with Crippen LogP contribution >= 0.6 is 47.1 Å². The van der Waals surface area contributed by atoms with Crippen molar-refractivity contribution < 1.29 is 130 Å². The first-order valence-electron chi connectivity index (χ1n) is 44.3. The number of aromatic nitrogens is 16. The molecule has 806 valence electrons. The number of rotatable bonds is 41. The van der Waals surface area contributed by atoms with Gasteiger partial charge in [-0.2, -0.15) is 9.97 Å². The third kappa shape index (κ3) is 25.9. The average molecular weight is 2320 g/mol. The van der Waals surface area contributed by atoms with E-state index in [0.717, 1.165) is 33.3 Å². The van der Waals surface area contributed by atoms with Gasteiger partial charge in [0.15, 0.2) is 30.2 Å². The number of fused-ring (bicyclic) bond motifs is 3. The minimum absolute atomic E-state index is 0.0112. The second-order valence-corrected chi connectivity index (χ2v) is 53.6. The van der Waals surface area contributed by atoms with E-state index in [1.807, 2.05) is 0 Å². The fourth-order valence-electron chi connectivity index (χ4n) is 17.4. The average Bonchev–Trinajstić information content (AvgIpc) is 1.62. The van der Waals surface area contributed by atoms with Gasteiger partial charge in [0, 0.05) is 99.1 Å². The minimum atomic E-state index is -5.05. The first kappa shape index (κ1) is 111. The number of anilines is 5. The lowest BCUT2D eigenvalue weighted by Crippen LogP contribution is -2.34. The molecule has 17 heterocycles. The Labute approximate surface area is 865 Å². The van der Waals surface area contributed by atoms with Crippen LogP contribution in [0.2, 0.25) is 0 Å². The normalized spacial score (nSPS) is 31.1. The molecule has 0 amide bonds. The highest BCUT2D eigenvalue weighted by Crippen LogP contribution is 2.57. The molecule has 0 aliphatic carbocycles. The van der Waals surface area contributed by atoms with Crippen LogP contribution in [0.15, 0.2) is 88.8 Å². The zero-order valence-corrected chi connectivity index (χ0v) is 89.3. The third-order valence-electron chi connectivity index (χ3n) is 24.6. The maximum absolute atomic E-state index is 15.1. The molecule has 16 unspecified atom stereocenters. The molecule has 8 aromatic heterocycles. The van der Waals surface area contributed by atoms with Gasteiger partial charge in [-0.3, -0.25) is 56.1 Å². The van der Waals surface area contributed by atoms with Crippen molar-refractivity contribution in [1.29, 1.82) is 0 Å². The summed E-state index contributed by atoms with van der Waals surface area (Å²) in [5.41, 5.74) is 39.1. The highest BCUT2D eigenvalue weighted by atomic mass is 32.7. The zero-order chi connectivity index (χ0) is 106. The summed E-state index contributed by atoms with van der Waals surface area (Å²) < 4.78 is 150. The molecule has 8 aromatic rings. The number of nitrogen functional groups attached to an aromatic ring is 3. The van der Waals surface area contributed by atoms with Gasteiger partial charge in [-0.1, -0.05) is 77.8 Å². The van der Waals surface area contributed by atoms with Crippen LogP contribution in [0.5, 0.6) is 0 Å². The number of aromatic amines is 2. The molecule has 7 saturated heterocycles. The van der Waals surface area contributed by atoms with Crippen LogP contribution in [0.3, 0.4) is 0 Å². The van der Waals surface area contributed by atoms with Crippen LogP contribution in [-0.4, -0.2) is 221 Å². The number of ether oxygens (including phenoxy) is 7. The second-order valence-electron chi connectivity index (χ2n) is 34.5. The smallest absolute Gasteiger partial charge is 0.351 e. The van der Waals surface area contributed by atoms with E-state index in [9.17, 15) is 52.9 Å². The van der Waals surface area contributed by atoms with Gasteiger partial charge in [0.1, 0.15) is 179 Å². The van der Waals surface area contributed by atoms with Gasteiger partial charge < -0.3 is 189 Å². The lowest BCUT2D eigenvalue weighted by Gasteiger charge is -2.36. The topological polar surface area (TPSA) is 839 Å². The van der Waals surface area contributed by atoms with E-state index in [1.54, 1.807) is 20.8 Å². The quantitative estimate of drug-likeness (QED) is 0.0132. The monoisotopic (exact) mass is 2320 g/mol. The van der Waals surface area contributed by atoms with Crippen LogP contribution in [-0.2, 0) is 184 Å². The molecule has 18 N–H and O–H groups in total. The first-order valence-corrected chi connectivity index (χ1v) is 62.2. The van der Waals surface area contributed by atoms with Gasteiger partial charge in [-0.05, 0) is 34.1 Å². The van der Waals surface area contributed by atoms with Crippen molar-refractivity contribution in [3.63, 3.8) is 0 Å². The molecular formula is C72H95N27O34P7S7-7. The summed E-state index contributed by atoms with van der Waals surface area (Å²) >= 11 is 38.2. The Morgan fingerprint density at radius 2 is 0.701 bits per heavy atom. The van der Waals surface area contributed by atoms with Crippen molar-refractivity contribution in [2.75, 3.05) is 74.6 Å². The number of nitrogens with one attached hydrogen (secondary N) is 4. The summed E-state index contributed by atoms with van der Waals surface area (Å²) in [6.45, 7) is -30.8. The van der Waals surface area contributed by atoms with Gasteiger partial charge in [-0.25, -0.2) is 54.1 Å². The first-order chi connectivity index (χ1) is 69.2. The van der Waals surface area contributed by atoms with E-state index < -0.39 is 275 Å². The van der Waals surface area contributed by atoms with Gasteiger partial charge >= 0.3 is 22.8 Å². The number of aliphatic imine (C=N–C) groups is 2. The molecule has 0 spiro atoms. The predicted octanol–water partition coefficient (Wildman–Crippen LogP) is -3.36. The fraction of sp³-hybridized carbons (Fsp3) is 0.597. The molecule has 0 radical (unpaired) electrons. The fourth-order valence-corrected chi connectivity index (χ4v) is 27.1.